The molecule has 2 heterocycles. The number of nitrogens with zero attached hydrogens (tertiary/aromatic N) is 4. The van der Waals surface area contributed by atoms with Gasteiger partial charge in [0.15, 0.2) is 11.5 Å². The molecule has 0 saturated carbocycles. The molecule has 2 aromatic rings. The highest BCUT2D eigenvalue weighted by Gasteiger charge is 2.16. The molecule has 2 rings (SSSR count). The number of imidazole rings is 1. The van der Waals surface area contributed by atoms with Crippen molar-refractivity contribution in [2.24, 2.45) is 0 Å². The Labute approximate surface area is 135 Å². The lowest BCUT2D eigenvalue weighted by atomic mass is 10.4. The van der Waals surface area contributed by atoms with Gasteiger partial charge in [0.05, 0.1) is 19.0 Å². The van der Waals surface area contributed by atoms with Crippen LogP contribution in [0.3, 0.4) is 0 Å². The lowest BCUT2D eigenvalue weighted by molar-refractivity contribution is 0.0764. The topological polar surface area (TPSA) is 214 Å². The van der Waals surface area contributed by atoms with Gasteiger partial charge in [-0.2, -0.15) is 0 Å². The maximum absolute atomic E-state index is 10.7. The molecule has 1 atom stereocenters. The largest absolute Gasteiger partial charge is 0.466 e. The minimum atomic E-state index is -4.64. The fourth-order valence-corrected chi connectivity index (χ4v) is 2.04. The van der Waals surface area contributed by atoms with E-state index >= 15 is 0 Å². The van der Waals surface area contributed by atoms with E-state index in [0.29, 0.717) is 17.7 Å². The molecule has 0 aliphatic carbocycles. The third kappa shape index (κ3) is 7.90. The molecule has 136 valence electrons. The maximum atomic E-state index is 10.7. The van der Waals surface area contributed by atoms with Gasteiger partial charge in [-0.05, 0) is 6.92 Å². The molecule has 0 bridgehead atoms. The van der Waals surface area contributed by atoms with Gasteiger partial charge in [-0.15, -0.1) is 0 Å². The number of rotatable bonds is 5. The van der Waals surface area contributed by atoms with Crippen LogP contribution in [-0.4, -0.2) is 56.4 Å². The van der Waals surface area contributed by atoms with Crippen LogP contribution in [-0.2, 0) is 20.4 Å². The van der Waals surface area contributed by atoms with E-state index in [1.807, 2.05) is 0 Å². The summed E-state index contributed by atoms with van der Waals surface area (Å²) in [4.78, 5) is 51.0. The van der Waals surface area contributed by atoms with Crippen molar-refractivity contribution >= 4 is 32.4 Å². The van der Waals surface area contributed by atoms with E-state index in [1.54, 1.807) is 11.5 Å². The molecule has 0 unspecified atom stereocenters. The Hall–Kier alpha value is -1.43. The standard InChI is InChI=1S/C9H14N5O4P.H3O4P/c1-6(18-5-19(15,16)17)2-14-4-13-7-8(10)11-3-12-9(7)14;1-5(2,3)4/h3-4,6H,2,5H2,1H3,(H2,10,11,12)(H2,15,16,17);(H3,1,2,3,4)/t6-;/m0./s1. The van der Waals surface area contributed by atoms with Crippen LogP contribution in [0.2, 0.25) is 0 Å². The summed E-state index contributed by atoms with van der Waals surface area (Å²) in [6.07, 6.45) is 1.85. The van der Waals surface area contributed by atoms with Crippen molar-refractivity contribution in [2.45, 2.75) is 19.6 Å². The van der Waals surface area contributed by atoms with Crippen molar-refractivity contribution in [1.82, 2.24) is 19.5 Å². The quantitative estimate of drug-likeness (QED) is 0.342. The first-order valence-corrected chi connectivity index (χ1v) is 9.59. The molecule has 15 heteroatoms. The fourth-order valence-electron chi connectivity index (χ4n) is 1.59. The Morgan fingerprint density at radius 3 is 2.33 bits per heavy atom. The fraction of sp³-hybridized carbons (Fsp3) is 0.444. The minimum Gasteiger partial charge on any atom is -0.382 e. The molecule has 0 aliphatic heterocycles. The first-order valence-electron chi connectivity index (χ1n) is 6.22. The highest BCUT2D eigenvalue weighted by Crippen LogP contribution is 2.34. The van der Waals surface area contributed by atoms with Gasteiger partial charge in [-0.25, -0.2) is 19.5 Å². The zero-order chi connectivity index (χ0) is 18.5. The van der Waals surface area contributed by atoms with Crippen LogP contribution < -0.4 is 5.73 Å². The van der Waals surface area contributed by atoms with Gasteiger partial charge in [0.1, 0.15) is 18.2 Å². The predicted octanol–water partition coefficient (Wildman–Crippen LogP) is -0.980. The molecule has 24 heavy (non-hydrogen) atoms. The van der Waals surface area contributed by atoms with E-state index in [-0.39, 0.29) is 5.82 Å². The maximum Gasteiger partial charge on any atom is 0.466 e. The van der Waals surface area contributed by atoms with Crippen LogP contribution in [0.1, 0.15) is 6.92 Å². The Balaban J connectivity index is 0.000000505. The van der Waals surface area contributed by atoms with Crippen LogP contribution >= 0.6 is 15.4 Å². The molecule has 0 saturated heterocycles. The molecule has 7 N–H and O–H groups in total. The molecular formula is C9H17N5O8P2. The summed E-state index contributed by atoms with van der Waals surface area (Å²) in [5.74, 6) is 0.285. The lowest BCUT2D eigenvalue weighted by Gasteiger charge is -2.14. The van der Waals surface area contributed by atoms with Crippen molar-refractivity contribution in [3.8, 4) is 0 Å². The average Bonchev–Trinajstić information content (AvgIpc) is 2.79. The second kappa shape index (κ2) is 8.10. The second-order valence-corrected chi connectivity index (χ2v) is 7.23. The summed E-state index contributed by atoms with van der Waals surface area (Å²) in [5.41, 5.74) is 6.70. The average molecular weight is 385 g/mol. The van der Waals surface area contributed by atoms with E-state index in [1.165, 1.54) is 12.7 Å². The van der Waals surface area contributed by atoms with Crippen LogP contribution in [0.15, 0.2) is 12.7 Å². The predicted molar refractivity (Wildman–Crippen MR) is 81.5 cm³/mol. The third-order valence-corrected chi connectivity index (χ3v) is 2.90. The van der Waals surface area contributed by atoms with Crippen molar-refractivity contribution in [3.05, 3.63) is 12.7 Å². The molecule has 0 aliphatic rings. The van der Waals surface area contributed by atoms with E-state index in [0.717, 1.165) is 0 Å². The molecule has 0 fully saturated rings. The van der Waals surface area contributed by atoms with E-state index < -0.39 is 27.9 Å². The van der Waals surface area contributed by atoms with Crippen molar-refractivity contribution in [2.75, 3.05) is 12.1 Å². The SMILES string of the molecule is C[C@@H](Cn1cnc2c(N)ncnc21)OCP(=O)(O)O.O=P(O)(O)O. The summed E-state index contributed by atoms with van der Waals surface area (Å²) >= 11 is 0. The molecule has 0 spiro atoms. The summed E-state index contributed by atoms with van der Waals surface area (Å²) < 4.78 is 26.4. The number of nitrogen functional groups attached to an aromatic ring is 1. The monoisotopic (exact) mass is 385 g/mol. The van der Waals surface area contributed by atoms with Crippen molar-refractivity contribution in [3.63, 3.8) is 0 Å². The van der Waals surface area contributed by atoms with Gasteiger partial charge < -0.3 is 39.5 Å². The Morgan fingerprint density at radius 2 is 1.79 bits per heavy atom. The van der Waals surface area contributed by atoms with Crippen LogP contribution in [0.25, 0.3) is 11.2 Å². The first kappa shape index (κ1) is 20.6. The molecular weight excluding hydrogens is 368 g/mol. The Bertz CT molecular complexity index is 762. The third-order valence-electron chi connectivity index (χ3n) is 2.41. The molecule has 0 aromatic carbocycles. The van der Waals surface area contributed by atoms with Crippen molar-refractivity contribution in [1.29, 1.82) is 0 Å². The minimum absolute atomic E-state index is 0.285. The van der Waals surface area contributed by atoms with Gasteiger partial charge in [-0.1, -0.05) is 0 Å². The summed E-state index contributed by atoms with van der Waals surface area (Å²) in [7, 11) is -8.80. The zero-order valence-electron chi connectivity index (χ0n) is 12.4. The normalized spacial score (nSPS) is 13.4. The Kier molecular flexibility index (Phi) is 6.96. The van der Waals surface area contributed by atoms with Gasteiger partial charge in [-0.3, -0.25) is 4.57 Å². The first-order chi connectivity index (χ1) is 10.9. The number of aromatic nitrogens is 4. The molecule has 2 aromatic heterocycles. The van der Waals surface area contributed by atoms with Crippen molar-refractivity contribution < 1.29 is 38.3 Å². The highest BCUT2D eigenvalue weighted by molar-refractivity contribution is 7.51. The summed E-state index contributed by atoms with van der Waals surface area (Å²) in [6.45, 7) is 2.05. The van der Waals surface area contributed by atoms with Gasteiger partial charge in [0.25, 0.3) is 0 Å². The smallest absolute Gasteiger partial charge is 0.382 e. The van der Waals surface area contributed by atoms with E-state index in [4.69, 9.17) is 39.5 Å². The number of hydrogen-bond donors (Lipinski definition) is 6. The van der Waals surface area contributed by atoms with E-state index in [2.05, 4.69) is 15.0 Å². The molecule has 13 nitrogen and oxygen atoms in total. The number of nitrogens with two attached hydrogens (primary N) is 1. The highest BCUT2D eigenvalue weighted by atomic mass is 31.2. The van der Waals surface area contributed by atoms with E-state index in [9.17, 15) is 4.57 Å². The van der Waals surface area contributed by atoms with Gasteiger partial charge >= 0.3 is 15.4 Å². The van der Waals surface area contributed by atoms with Crippen LogP contribution in [0.4, 0.5) is 5.82 Å². The second-order valence-electron chi connectivity index (χ2n) is 4.61. The van der Waals surface area contributed by atoms with Crippen LogP contribution in [0.5, 0.6) is 0 Å². The summed E-state index contributed by atoms with van der Waals surface area (Å²) in [5, 5.41) is 0. The molecule has 0 radical (unpaired) electrons. The Morgan fingerprint density at radius 1 is 1.21 bits per heavy atom. The van der Waals surface area contributed by atoms with Gasteiger partial charge in [0.2, 0.25) is 0 Å². The molecule has 0 amide bonds. The number of ether oxygens (including phenoxy) is 1. The zero-order valence-corrected chi connectivity index (χ0v) is 14.2. The van der Waals surface area contributed by atoms with Gasteiger partial charge in [0, 0.05) is 0 Å². The van der Waals surface area contributed by atoms with Crippen LogP contribution in [0, 0.1) is 0 Å². The number of fused-ring (bicyclic) bond motifs is 1. The number of phosphoric acid groups is 1. The lowest BCUT2D eigenvalue weighted by Crippen LogP contribution is -2.17. The summed E-state index contributed by atoms with van der Waals surface area (Å²) in [6, 6.07) is 0. The number of anilines is 1. The number of hydrogen-bond acceptors (Lipinski definition) is 7.